The summed E-state index contributed by atoms with van der Waals surface area (Å²) < 4.78 is 42.4. The molecule has 0 saturated heterocycles. The molecule has 0 aromatic heterocycles. The van der Waals surface area contributed by atoms with Gasteiger partial charge in [0.1, 0.15) is 11.5 Å². The van der Waals surface area contributed by atoms with E-state index >= 15 is 0 Å². The Hall–Kier alpha value is -5.29. The molecule has 0 bridgehead atoms. The number of hydrogen-bond donors (Lipinski definition) is 0. The quantitative estimate of drug-likeness (QED) is 0.130. The first kappa shape index (κ1) is 35.6. The van der Waals surface area contributed by atoms with Gasteiger partial charge in [-0.3, -0.25) is 0 Å². The van der Waals surface area contributed by atoms with Gasteiger partial charge in [-0.25, -0.2) is 13.2 Å². The van der Waals surface area contributed by atoms with Crippen molar-refractivity contribution < 1.29 is 13.2 Å². The molecule has 0 saturated carbocycles. The highest BCUT2D eigenvalue weighted by Crippen LogP contribution is 2.31. The minimum absolute atomic E-state index is 0. The maximum absolute atomic E-state index is 14.5. The summed E-state index contributed by atoms with van der Waals surface area (Å²) in [6.07, 6.45) is 0. The second-order valence-corrected chi connectivity index (χ2v) is 11.1. The fraction of sp³-hybridized carbons (Fsp3) is 0.0732. The number of isothiocyanates is 2. The normalized spacial score (nSPS) is 10.0. The topological polar surface area (TPSA) is 24.7 Å². The Bertz CT molecular complexity index is 2090. The summed E-state index contributed by atoms with van der Waals surface area (Å²) in [4.78, 5) is 7.33. The van der Waals surface area contributed by atoms with E-state index < -0.39 is 17.3 Å². The Kier molecular flexibility index (Phi) is 12.2. The average Bonchev–Trinajstić information content (AvgIpc) is 3.08. The zero-order chi connectivity index (χ0) is 33.3. The molecular weight excluding hydrogens is 642 g/mol. The first-order valence-electron chi connectivity index (χ1n) is 14.5. The van der Waals surface area contributed by atoms with Crippen LogP contribution in [-0.2, 0) is 0 Å². The molecule has 2 nitrogen and oxygen atoms in total. The molecule has 0 N–H and O–H groups in total. The summed E-state index contributed by atoms with van der Waals surface area (Å²) in [6.45, 7) is 4.05. The van der Waals surface area contributed by atoms with Crippen LogP contribution in [0.15, 0.2) is 137 Å². The van der Waals surface area contributed by atoms with Crippen molar-refractivity contribution in [1.29, 1.82) is 0 Å². The highest BCUT2D eigenvalue weighted by molar-refractivity contribution is 7.78. The van der Waals surface area contributed by atoms with E-state index in [4.69, 9.17) is 0 Å². The van der Waals surface area contributed by atoms with Gasteiger partial charge in [0.15, 0.2) is 11.6 Å². The number of halogens is 3. The molecule has 0 aliphatic rings. The summed E-state index contributed by atoms with van der Waals surface area (Å²) in [5.74, 6) is -1.75. The zero-order valence-corrected chi connectivity index (χ0v) is 27.1. The Morgan fingerprint density at radius 1 is 0.438 bits per heavy atom. The summed E-state index contributed by atoms with van der Waals surface area (Å²) in [5.41, 5.74) is 9.23. The summed E-state index contributed by atoms with van der Waals surface area (Å²) in [6, 6.07) is 38.8. The molecule has 0 fully saturated rings. The standard InChI is InChI=1S/C20H13F2NS.C20H14FNS.CH4/c1-13-2-4-14(5-3-13)15-6-8-16(9-7-15)17-10-18(21)20(23-12-24)19(22)11-17;1-14-2-4-16(5-3-14)19-11-8-17(12-20(19)21)15-6-9-18(10-7-15)22-13-23;/h2-11H,1H3;2-12H,1H3;1H4. The average molecular weight is 673 g/mol. The first-order chi connectivity index (χ1) is 22.7. The van der Waals surface area contributed by atoms with Crippen molar-refractivity contribution in [3.05, 3.63) is 156 Å². The van der Waals surface area contributed by atoms with Gasteiger partial charge in [-0.15, -0.1) is 0 Å². The fourth-order valence-corrected chi connectivity index (χ4v) is 5.13. The molecule has 0 spiro atoms. The Labute approximate surface area is 290 Å². The molecule has 48 heavy (non-hydrogen) atoms. The number of nitrogens with zero attached hydrogens (tertiary/aromatic N) is 2. The smallest absolute Gasteiger partial charge is 0.153 e. The van der Waals surface area contributed by atoms with Crippen LogP contribution in [0.1, 0.15) is 18.6 Å². The second-order valence-electron chi connectivity index (χ2n) is 10.7. The molecule has 0 radical (unpaired) electrons. The zero-order valence-electron chi connectivity index (χ0n) is 25.5. The van der Waals surface area contributed by atoms with Crippen molar-refractivity contribution in [3.8, 4) is 44.5 Å². The molecule has 238 valence electrons. The minimum atomic E-state index is -0.759. The van der Waals surface area contributed by atoms with Crippen molar-refractivity contribution >= 4 is 46.1 Å². The monoisotopic (exact) mass is 672 g/mol. The summed E-state index contributed by atoms with van der Waals surface area (Å²) >= 11 is 8.98. The van der Waals surface area contributed by atoms with E-state index in [1.807, 2.05) is 128 Å². The number of hydrogen-bond acceptors (Lipinski definition) is 4. The van der Waals surface area contributed by atoms with Crippen LogP contribution in [-0.4, -0.2) is 10.3 Å². The van der Waals surface area contributed by atoms with Gasteiger partial charge in [0.25, 0.3) is 0 Å². The summed E-state index contributed by atoms with van der Waals surface area (Å²) in [7, 11) is 0. The maximum Gasteiger partial charge on any atom is 0.153 e. The van der Waals surface area contributed by atoms with E-state index in [9.17, 15) is 13.2 Å². The molecule has 7 heteroatoms. The molecule has 0 heterocycles. The van der Waals surface area contributed by atoms with Crippen LogP contribution < -0.4 is 0 Å². The van der Waals surface area contributed by atoms with Crippen molar-refractivity contribution in [1.82, 2.24) is 0 Å². The van der Waals surface area contributed by atoms with E-state index in [2.05, 4.69) is 39.6 Å². The van der Waals surface area contributed by atoms with E-state index in [1.54, 1.807) is 6.07 Å². The van der Waals surface area contributed by atoms with Crippen molar-refractivity contribution in [2.75, 3.05) is 0 Å². The third-order valence-electron chi connectivity index (χ3n) is 7.48. The molecule has 6 aromatic rings. The summed E-state index contributed by atoms with van der Waals surface area (Å²) in [5, 5.41) is 4.31. The van der Waals surface area contributed by atoms with Gasteiger partial charge in [-0.1, -0.05) is 116 Å². The molecule has 6 rings (SSSR count). The first-order valence-corrected chi connectivity index (χ1v) is 15.4. The van der Waals surface area contributed by atoms with Crippen molar-refractivity contribution in [2.24, 2.45) is 9.98 Å². The molecule has 6 aromatic carbocycles. The van der Waals surface area contributed by atoms with E-state index in [-0.39, 0.29) is 13.2 Å². The van der Waals surface area contributed by atoms with Gasteiger partial charge >= 0.3 is 0 Å². The lowest BCUT2D eigenvalue weighted by molar-refractivity contribution is 0.588. The van der Waals surface area contributed by atoms with Crippen LogP contribution in [0.4, 0.5) is 24.5 Å². The SMILES string of the molecule is C.Cc1ccc(-c2ccc(-c3cc(F)c(N=C=S)c(F)c3)cc2)cc1.Cc1ccc(-c2ccc(-c3ccc(N=C=S)cc3)cc2F)cc1. The Morgan fingerprint density at radius 2 is 0.812 bits per heavy atom. The number of aryl methyl sites for hydroxylation is 2. The van der Waals surface area contributed by atoms with Crippen molar-refractivity contribution in [3.63, 3.8) is 0 Å². The largest absolute Gasteiger partial charge is 0.206 e. The van der Waals surface area contributed by atoms with E-state index in [0.717, 1.165) is 44.6 Å². The molecule has 0 aliphatic heterocycles. The van der Waals surface area contributed by atoms with Gasteiger partial charge in [0, 0.05) is 5.56 Å². The molecule has 0 amide bonds. The fourth-order valence-electron chi connectivity index (χ4n) is 4.93. The molecule has 0 atom stereocenters. The van der Waals surface area contributed by atoms with E-state index in [1.165, 1.54) is 17.7 Å². The lowest BCUT2D eigenvalue weighted by atomic mass is 9.99. The van der Waals surface area contributed by atoms with Crippen LogP contribution in [0.2, 0.25) is 0 Å². The van der Waals surface area contributed by atoms with Crippen LogP contribution >= 0.6 is 24.4 Å². The number of aliphatic imine (C=N–C) groups is 2. The minimum Gasteiger partial charge on any atom is -0.206 e. The lowest BCUT2D eigenvalue weighted by Crippen LogP contribution is -1.87. The lowest BCUT2D eigenvalue weighted by Gasteiger charge is -2.07. The van der Waals surface area contributed by atoms with Gasteiger partial charge in [-0.2, -0.15) is 9.98 Å². The van der Waals surface area contributed by atoms with Crippen LogP contribution in [0.25, 0.3) is 44.5 Å². The third kappa shape index (κ3) is 8.74. The predicted molar refractivity (Wildman–Crippen MR) is 200 cm³/mol. The molecular formula is C41H31F3N2S2. The van der Waals surface area contributed by atoms with Gasteiger partial charge in [0.2, 0.25) is 0 Å². The van der Waals surface area contributed by atoms with Crippen LogP contribution in [0.5, 0.6) is 0 Å². The third-order valence-corrected chi connectivity index (χ3v) is 7.67. The van der Waals surface area contributed by atoms with Crippen LogP contribution in [0.3, 0.4) is 0 Å². The highest BCUT2D eigenvalue weighted by atomic mass is 32.1. The number of benzene rings is 6. The Balaban J connectivity index is 0.000000212. The van der Waals surface area contributed by atoms with Gasteiger partial charge < -0.3 is 0 Å². The number of rotatable bonds is 6. The van der Waals surface area contributed by atoms with Crippen molar-refractivity contribution in [2.45, 2.75) is 21.3 Å². The van der Waals surface area contributed by atoms with Crippen LogP contribution in [0, 0.1) is 31.3 Å². The highest BCUT2D eigenvalue weighted by Gasteiger charge is 2.12. The predicted octanol–water partition coefficient (Wildman–Crippen LogP) is 13.2. The number of thiocarbonyl (C=S) groups is 2. The molecule has 0 aliphatic carbocycles. The Morgan fingerprint density at radius 3 is 1.29 bits per heavy atom. The van der Waals surface area contributed by atoms with Gasteiger partial charge in [0.05, 0.1) is 16.0 Å². The molecule has 0 unspecified atom stereocenters. The van der Waals surface area contributed by atoms with Gasteiger partial charge in [-0.05, 0) is 108 Å². The second kappa shape index (κ2) is 16.5. The van der Waals surface area contributed by atoms with E-state index in [0.29, 0.717) is 11.1 Å². The maximum atomic E-state index is 14.5.